The summed E-state index contributed by atoms with van der Waals surface area (Å²) >= 11 is 0. The van der Waals surface area contributed by atoms with Gasteiger partial charge in [-0.1, -0.05) is 72.8 Å². The van der Waals surface area contributed by atoms with Gasteiger partial charge in [0.05, 0.1) is 49.4 Å². The first-order chi connectivity index (χ1) is 18.6. The van der Waals surface area contributed by atoms with Gasteiger partial charge in [0.1, 0.15) is 0 Å². The molecule has 0 unspecified atom stereocenters. The Balaban J connectivity index is 0. The van der Waals surface area contributed by atoms with Crippen LogP contribution in [-0.2, 0) is 19.5 Å². The first-order valence-corrected chi connectivity index (χ1v) is 15.8. The number of halogens is 4. The fourth-order valence-electron chi connectivity index (χ4n) is 4.07. The van der Waals surface area contributed by atoms with Crippen molar-refractivity contribution < 1.29 is 47.3 Å². The molecular weight excluding hydrogens is 644 g/mol. The molecule has 4 aromatic carbocycles. The van der Waals surface area contributed by atoms with Crippen LogP contribution < -0.4 is 25.9 Å². The molecule has 0 saturated heterocycles. The van der Waals surface area contributed by atoms with E-state index >= 15 is 0 Å². The molecule has 2 nitrogen and oxygen atoms in total. The summed E-state index contributed by atoms with van der Waals surface area (Å²) in [4.78, 5) is 0. The molecule has 10 heteroatoms. The first kappa shape index (κ1) is 40.2. The Bertz CT molecular complexity index is 907. The topological polar surface area (TPSA) is 40.5 Å². The molecule has 0 aromatic heterocycles. The van der Waals surface area contributed by atoms with Crippen molar-refractivity contribution in [2.24, 2.45) is 0 Å². The number of benzene rings is 4. The van der Waals surface area contributed by atoms with Crippen LogP contribution >= 0.6 is 15.8 Å². The van der Waals surface area contributed by atoms with Crippen molar-refractivity contribution in [2.75, 3.05) is 26.5 Å². The van der Waals surface area contributed by atoms with Crippen molar-refractivity contribution in [1.29, 1.82) is 0 Å². The minimum atomic E-state index is -3.67. The third kappa shape index (κ3) is 15.8. The van der Waals surface area contributed by atoms with Gasteiger partial charge < -0.3 is 14.9 Å². The molecule has 0 heterocycles. The van der Waals surface area contributed by atoms with Crippen molar-refractivity contribution in [3.8, 4) is 0 Å². The van der Waals surface area contributed by atoms with Gasteiger partial charge in [0.2, 0.25) is 0 Å². The summed E-state index contributed by atoms with van der Waals surface area (Å²) in [5, 5.41) is 20.1. The van der Waals surface area contributed by atoms with Gasteiger partial charge >= 0.3 is 7.54 Å². The maximum atomic E-state index is 9.67. The molecule has 0 aliphatic rings. The van der Waals surface area contributed by atoms with Gasteiger partial charge in [-0.2, -0.15) is 0 Å². The second-order valence-electron chi connectivity index (χ2n) is 7.88. The van der Waals surface area contributed by atoms with E-state index in [0.29, 0.717) is 0 Å². The second-order valence-corrected chi connectivity index (χ2v) is 13.1. The minimum absolute atomic E-state index is 0. The normalized spacial score (nSPS) is 9.32. The standard InChI is InChI=1S/C28H28P2.2CH4O.BF3.FH.Rh/c1-5-15-25(16-6-1)29(26-17-7-2-8-18-26)23-13-14-24-30(27-19-9-3-10-20-27)28-21-11-4-12-22-28;2*1-2;2-1(3)4;;/h1-12,15-22H,13-14,23-24H2;2*2H,1H3;;1H;/p+1. The van der Waals surface area contributed by atoms with E-state index in [1.54, 1.807) is 0 Å². The zero-order chi connectivity index (χ0) is 28.0. The SMILES string of the molecule is CO.CO.FB(F)F.[F-].[Rh].c1ccc([PH+](CCCC[PH+](c2ccccc2)c2ccccc2)c2ccccc2)cc1. The number of hydrogen-bond acceptors (Lipinski definition) is 2. The van der Waals surface area contributed by atoms with Crippen LogP contribution in [0, 0.1) is 0 Å². The molecule has 1 radical (unpaired) electrons. The van der Waals surface area contributed by atoms with Gasteiger partial charge in [-0.25, -0.2) is 0 Å². The van der Waals surface area contributed by atoms with Crippen LogP contribution in [0.4, 0.5) is 12.9 Å². The zero-order valence-corrected chi connectivity index (χ0v) is 26.3. The number of aliphatic hydroxyl groups is 2. The molecular formula is C30H38BF4O2P2Rh+. The molecule has 0 aliphatic carbocycles. The molecule has 40 heavy (non-hydrogen) atoms. The molecule has 0 aliphatic heterocycles. The number of hydrogen-bond donors (Lipinski definition) is 2. The Morgan fingerprint density at radius 2 is 0.650 bits per heavy atom. The second kappa shape index (κ2) is 26.0. The molecule has 219 valence electrons. The maximum Gasteiger partial charge on any atom is 0.762 e. The molecule has 0 amide bonds. The molecule has 4 rings (SSSR count). The molecule has 4 aromatic rings. The Kier molecular flexibility index (Phi) is 26.1. The molecule has 2 N–H and O–H groups in total. The average Bonchev–Trinajstić information content (AvgIpc) is 2.99. The Hall–Kier alpha value is -1.93. The van der Waals surface area contributed by atoms with Crippen LogP contribution in [0.25, 0.3) is 0 Å². The van der Waals surface area contributed by atoms with Crippen molar-refractivity contribution in [3.63, 3.8) is 0 Å². The van der Waals surface area contributed by atoms with Crippen LogP contribution in [0.1, 0.15) is 12.8 Å². The largest absolute Gasteiger partial charge is 1.00 e. The van der Waals surface area contributed by atoms with Crippen LogP contribution in [0.2, 0.25) is 0 Å². The summed E-state index contributed by atoms with van der Waals surface area (Å²) in [6.45, 7) is 0. The van der Waals surface area contributed by atoms with Gasteiger partial charge in [0.25, 0.3) is 0 Å². The van der Waals surface area contributed by atoms with Gasteiger partial charge in [-0.15, -0.1) is 0 Å². The predicted molar refractivity (Wildman–Crippen MR) is 165 cm³/mol. The van der Waals surface area contributed by atoms with Crippen LogP contribution in [-0.4, -0.2) is 44.3 Å². The van der Waals surface area contributed by atoms with Crippen LogP contribution in [0.3, 0.4) is 0 Å². The minimum Gasteiger partial charge on any atom is -1.00 e. The smallest absolute Gasteiger partial charge is 0.762 e. The van der Waals surface area contributed by atoms with Gasteiger partial charge in [0, 0.05) is 33.7 Å². The van der Waals surface area contributed by atoms with Crippen LogP contribution in [0.15, 0.2) is 121 Å². The zero-order valence-electron chi connectivity index (χ0n) is 22.7. The van der Waals surface area contributed by atoms with E-state index < -0.39 is 23.4 Å². The van der Waals surface area contributed by atoms with Gasteiger partial charge in [-0.3, -0.25) is 12.9 Å². The fourth-order valence-corrected chi connectivity index (χ4v) is 9.48. The fraction of sp³-hybridized carbons (Fsp3) is 0.200. The van der Waals surface area contributed by atoms with Crippen molar-refractivity contribution in [1.82, 2.24) is 0 Å². The summed E-state index contributed by atoms with van der Waals surface area (Å²) in [7, 11) is -3.10. The van der Waals surface area contributed by atoms with E-state index in [9.17, 15) is 12.9 Å². The number of unbranched alkanes of at least 4 members (excludes halogenated alkanes) is 1. The van der Waals surface area contributed by atoms with Crippen LogP contribution in [0.5, 0.6) is 0 Å². The summed E-state index contributed by atoms with van der Waals surface area (Å²) in [5.74, 6) is 0. The monoisotopic (exact) mass is 682 g/mol. The summed E-state index contributed by atoms with van der Waals surface area (Å²) < 4.78 is 29.0. The Morgan fingerprint density at radius 3 is 0.825 bits per heavy atom. The molecule has 0 bridgehead atoms. The van der Waals surface area contributed by atoms with E-state index in [1.165, 1.54) is 46.4 Å². The summed E-state index contributed by atoms with van der Waals surface area (Å²) in [5.41, 5.74) is 0. The molecule has 0 atom stereocenters. The number of aliphatic hydroxyl groups excluding tert-OH is 2. The summed E-state index contributed by atoms with van der Waals surface area (Å²) in [6.07, 6.45) is 5.20. The first-order valence-electron chi connectivity index (χ1n) is 12.4. The van der Waals surface area contributed by atoms with E-state index in [0.717, 1.165) is 14.2 Å². The van der Waals surface area contributed by atoms with Crippen molar-refractivity contribution >= 4 is 44.6 Å². The van der Waals surface area contributed by atoms with E-state index in [-0.39, 0.29) is 24.2 Å². The van der Waals surface area contributed by atoms with E-state index in [1.807, 2.05) is 0 Å². The predicted octanol–water partition coefficient (Wildman–Crippen LogP) is 2.60. The summed E-state index contributed by atoms with van der Waals surface area (Å²) in [6, 6.07) is 44.6. The van der Waals surface area contributed by atoms with Gasteiger partial charge in [-0.05, 0) is 61.4 Å². The third-order valence-electron chi connectivity index (χ3n) is 5.59. The van der Waals surface area contributed by atoms with Crippen molar-refractivity contribution in [3.05, 3.63) is 121 Å². The average molecular weight is 682 g/mol. The third-order valence-corrected chi connectivity index (χ3v) is 11.4. The quantitative estimate of drug-likeness (QED) is 0.124. The Labute approximate surface area is 251 Å². The molecule has 0 spiro atoms. The van der Waals surface area contributed by atoms with Gasteiger partial charge in [0.15, 0.2) is 0 Å². The van der Waals surface area contributed by atoms with E-state index in [4.69, 9.17) is 10.2 Å². The molecule has 0 saturated carbocycles. The number of rotatable bonds is 9. The molecule has 0 fully saturated rings. The van der Waals surface area contributed by atoms with Crippen molar-refractivity contribution in [2.45, 2.75) is 12.8 Å². The maximum absolute atomic E-state index is 9.67. The Morgan fingerprint density at radius 1 is 0.475 bits per heavy atom. The van der Waals surface area contributed by atoms with E-state index in [2.05, 4.69) is 121 Å².